The van der Waals surface area contributed by atoms with Gasteiger partial charge < -0.3 is 5.11 Å². The van der Waals surface area contributed by atoms with Crippen molar-refractivity contribution in [1.82, 2.24) is 0 Å². The van der Waals surface area contributed by atoms with E-state index in [0.29, 0.717) is 15.8 Å². The van der Waals surface area contributed by atoms with E-state index in [1.165, 1.54) is 6.08 Å². The maximum absolute atomic E-state index is 11.0. The number of allylic oxidation sites excluding steroid dienone is 5. The van der Waals surface area contributed by atoms with E-state index >= 15 is 0 Å². The summed E-state index contributed by atoms with van der Waals surface area (Å²) in [7, 11) is 0. The number of halogens is 2. The van der Waals surface area contributed by atoms with E-state index in [4.69, 9.17) is 28.3 Å². The number of aliphatic hydroxyl groups is 1. The lowest BCUT2D eigenvalue weighted by Crippen LogP contribution is -2.21. The van der Waals surface area contributed by atoms with Crippen molar-refractivity contribution in [3.8, 4) is 0 Å². The van der Waals surface area contributed by atoms with Crippen LogP contribution in [0.2, 0.25) is 0 Å². The van der Waals surface area contributed by atoms with E-state index in [2.05, 4.69) is 4.99 Å². The molecule has 2 aliphatic rings. The Morgan fingerprint density at radius 1 is 1.36 bits per heavy atom. The smallest absolute Gasteiger partial charge is 0.311 e. The van der Waals surface area contributed by atoms with Crippen LogP contribution in [0.3, 0.4) is 0 Å². The van der Waals surface area contributed by atoms with Crippen LogP contribution in [0.15, 0.2) is 39.0 Å². The van der Waals surface area contributed by atoms with E-state index in [-0.39, 0.29) is 11.7 Å². The Morgan fingerprint density at radius 2 is 2.07 bits per heavy atom. The predicted octanol–water partition coefficient (Wildman–Crippen LogP) is 2.28. The molecule has 0 aromatic rings. The van der Waals surface area contributed by atoms with Crippen molar-refractivity contribution in [2.45, 2.75) is 0 Å². The minimum atomic E-state index is -0.664. The lowest BCUT2D eigenvalue weighted by atomic mass is 9.95. The second-order valence-corrected chi connectivity index (χ2v) is 3.80. The van der Waals surface area contributed by atoms with E-state index in [0.717, 1.165) is 0 Å². The van der Waals surface area contributed by atoms with Gasteiger partial charge in [0.2, 0.25) is 0 Å². The highest BCUT2D eigenvalue weighted by molar-refractivity contribution is 6.39. The summed E-state index contributed by atoms with van der Waals surface area (Å²) >= 11 is 11.6. The molecule has 2 rings (SSSR count). The molecule has 14 heavy (non-hydrogen) atoms. The first-order chi connectivity index (χ1) is 6.58. The third kappa shape index (κ3) is 1.49. The SMILES string of the molecule is O=C1N=C2C=C(Cl)C=C(Cl)C2C=C1O. The predicted molar refractivity (Wildman–Crippen MR) is 54.5 cm³/mol. The highest BCUT2D eigenvalue weighted by Gasteiger charge is 2.27. The number of carbonyl (C=O) groups is 1. The van der Waals surface area contributed by atoms with E-state index < -0.39 is 5.91 Å². The molecule has 1 atom stereocenters. The van der Waals surface area contributed by atoms with Crippen molar-refractivity contribution in [1.29, 1.82) is 0 Å². The van der Waals surface area contributed by atoms with Crippen molar-refractivity contribution in [2.75, 3.05) is 0 Å². The Kier molecular flexibility index (Phi) is 2.21. The van der Waals surface area contributed by atoms with Gasteiger partial charge in [0.1, 0.15) is 0 Å². The second kappa shape index (κ2) is 3.26. The molecule has 1 N–H and O–H groups in total. The standard InChI is InChI=1S/C9H5Cl2NO2/c10-4-1-6(11)5-3-8(13)9(14)12-7(5)2-4/h1-3,5,13H. The van der Waals surface area contributed by atoms with Gasteiger partial charge in [-0.3, -0.25) is 4.79 Å². The first-order valence-corrected chi connectivity index (χ1v) is 4.61. The molecule has 0 saturated heterocycles. The Balaban J connectivity index is 2.48. The molecule has 5 heteroatoms. The van der Waals surface area contributed by atoms with Gasteiger partial charge in [-0.1, -0.05) is 23.2 Å². The van der Waals surface area contributed by atoms with E-state index in [1.54, 1.807) is 12.2 Å². The summed E-state index contributed by atoms with van der Waals surface area (Å²) in [5, 5.41) is 10.0. The summed E-state index contributed by atoms with van der Waals surface area (Å²) < 4.78 is 0. The molecule has 1 aliphatic heterocycles. The van der Waals surface area contributed by atoms with Crippen LogP contribution in [0, 0.1) is 5.92 Å². The lowest BCUT2D eigenvalue weighted by Gasteiger charge is -2.19. The van der Waals surface area contributed by atoms with Crippen molar-refractivity contribution in [3.05, 3.63) is 34.1 Å². The minimum absolute atomic E-state index is 0.350. The summed E-state index contributed by atoms with van der Waals surface area (Å²) in [6.07, 6.45) is 4.48. The van der Waals surface area contributed by atoms with Crippen LogP contribution in [-0.4, -0.2) is 16.7 Å². The number of carbonyl (C=O) groups excluding carboxylic acids is 1. The molecule has 0 bridgehead atoms. The van der Waals surface area contributed by atoms with E-state index in [1.807, 2.05) is 0 Å². The van der Waals surface area contributed by atoms with Crippen molar-refractivity contribution < 1.29 is 9.90 Å². The molecule has 72 valence electrons. The Labute approximate surface area is 90.0 Å². The number of rotatable bonds is 0. The van der Waals surface area contributed by atoms with Crippen molar-refractivity contribution in [2.24, 2.45) is 10.9 Å². The summed E-state index contributed by atoms with van der Waals surface area (Å²) in [5.41, 5.74) is 0.463. The number of aliphatic imine (C=N–C) groups is 1. The van der Waals surface area contributed by atoms with Crippen LogP contribution in [0.25, 0.3) is 0 Å². The first kappa shape index (κ1) is 9.49. The molecule has 1 amide bonds. The summed E-state index contributed by atoms with van der Waals surface area (Å²) in [5.74, 6) is -1.39. The molecule has 0 aromatic carbocycles. The quantitative estimate of drug-likeness (QED) is 0.693. The number of nitrogens with zero attached hydrogens (tertiary/aromatic N) is 1. The molecule has 1 unspecified atom stereocenters. The van der Waals surface area contributed by atoms with Crippen LogP contribution >= 0.6 is 23.2 Å². The normalized spacial score (nSPS) is 25.9. The molecule has 0 fully saturated rings. The van der Waals surface area contributed by atoms with Gasteiger partial charge in [-0.2, -0.15) is 0 Å². The third-order valence-corrected chi connectivity index (χ3v) is 2.51. The zero-order valence-corrected chi connectivity index (χ0v) is 8.38. The molecule has 0 spiro atoms. The fourth-order valence-electron chi connectivity index (χ4n) is 1.31. The number of fused-ring (bicyclic) bond motifs is 1. The largest absolute Gasteiger partial charge is 0.503 e. The van der Waals surface area contributed by atoms with Crippen molar-refractivity contribution in [3.63, 3.8) is 0 Å². The monoisotopic (exact) mass is 229 g/mol. The number of hydrogen-bond donors (Lipinski definition) is 1. The average Bonchev–Trinajstić information content (AvgIpc) is 2.08. The Bertz CT molecular complexity index is 432. The summed E-state index contributed by atoms with van der Waals surface area (Å²) in [6, 6.07) is 0. The highest BCUT2D eigenvalue weighted by atomic mass is 35.5. The van der Waals surface area contributed by atoms with Crippen LogP contribution in [0.4, 0.5) is 0 Å². The van der Waals surface area contributed by atoms with Gasteiger partial charge in [-0.25, -0.2) is 4.99 Å². The van der Waals surface area contributed by atoms with Gasteiger partial charge in [-0.15, -0.1) is 0 Å². The maximum atomic E-state index is 11.0. The van der Waals surface area contributed by atoms with Gasteiger partial charge in [0.05, 0.1) is 11.6 Å². The molecule has 0 aromatic heterocycles. The second-order valence-electron chi connectivity index (χ2n) is 2.93. The van der Waals surface area contributed by atoms with E-state index in [9.17, 15) is 4.79 Å². The topological polar surface area (TPSA) is 49.7 Å². The highest BCUT2D eigenvalue weighted by Crippen LogP contribution is 2.30. The van der Waals surface area contributed by atoms with Gasteiger partial charge >= 0.3 is 5.91 Å². The van der Waals surface area contributed by atoms with Crippen LogP contribution in [0.1, 0.15) is 0 Å². The number of dihydropyridines is 1. The molecule has 1 heterocycles. The molecular weight excluding hydrogens is 225 g/mol. The zero-order valence-electron chi connectivity index (χ0n) is 6.87. The summed E-state index contributed by atoms with van der Waals surface area (Å²) in [6.45, 7) is 0. The molecule has 0 radical (unpaired) electrons. The molecule has 1 aliphatic carbocycles. The summed E-state index contributed by atoms with van der Waals surface area (Å²) in [4.78, 5) is 14.7. The van der Waals surface area contributed by atoms with Crippen LogP contribution < -0.4 is 0 Å². The Morgan fingerprint density at radius 3 is 2.79 bits per heavy atom. The van der Waals surface area contributed by atoms with Gasteiger partial charge in [0.25, 0.3) is 0 Å². The Hall–Kier alpha value is -1.06. The average molecular weight is 230 g/mol. The third-order valence-electron chi connectivity index (χ3n) is 1.95. The fraction of sp³-hybridized carbons (Fsp3) is 0.111. The van der Waals surface area contributed by atoms with Crippen LogP contribution in [-0.2, 0) is 4.79 Å². The zero-order chi connectivity index (χ0) is 10.3. The molecular formula is C9H5Cl2NO2. The lowest BCUT2D eigenvalue weighted by molar-refractivity contribution is -0.116. The van der Waals surface area contributed by atoms with Crippen molar-refractivity contribution >= 4 is 34.8 Å². The van der Waals surface area contributed by atoms with Gasteiger partial charge in [0, 0.05) is 10.1 Å². The number of amides is 1. The minimum Gasteiger partial charge on any atom is -0.503 e. The molecule has 3 nitrogen and oxygen atoms in total. The number of aliphatic hydroxyl groups excluding tert-OH is 1. The maximum Gasteiger partial charge on any atom is 0.311 e. The molecule has 0 saturated carbocycles. The first-order valence-electron chi connectivity index (χ1n) is 3.86. The fourth-order valence-corrected chi connectivity index (χ4v) is 1.88. The van der Waals surface area contributed by atoms with Crippen LogP contribution in [0.5, 0.6) is 0 Å². The van der Waals surface area contributed by atoms with Gasteiger partial charge in [0.15, 0.2) is 5.76 Å². The van der Waals surface area contributed by atoms with Gasteiger partial charge in [-0.05, 0) is 18.2 Å². The number of hydrogen-bond acceptors (Lipinski definition) is 2.